The summed E-state index contributed by atoms with van der Waals surface area (Å²) in [7, 11) is 0. The predicted octanol–water partition coefficient (Wildman–Crippen LogP) is 4.64. The maximum atomic E-state index is 6.12. The minimum atomic E-state index is 0.489. The first-order valence-corrected chi connectivity index (χ1v) is 6.54. The number of benzene rings is 1. The Morgan fingerprint density at radius 1 is 1.06 bits per heavy atom. The molecule has 1 aromatic heterocycles. The molecule has 0 atom stereocenters. The summed E-state index contributed by atoms with van der Waals surface area (Å²) in [6.45, 7) is 3.81. The van der Waals surface area contributed by atoms with Crippen molar-refractivity contribution in [3.63, 3.8) is 0 Å². The Hall–Kier alpha value is -0.830. The molecule has 1 aromatic carbocycles. The van der Waals surface area contributed by atoms with Crippen molar-refractivity contribution in [2.75, 3.05) is 0 Å². The second-order valence-electron chi connectivity index (χ2n) is 4.05. The maximum Gasteiger partial charge on any atom is 0.135 e. The maximum absolute atomic E-state index is 6.12. The van der Waals surface area contributed by atoms with Crippen LogP contribution in [0.5, 0.6) is 0 Å². The summed E-state index contributed by atoms with van der Waals surface area (Å²) in [5.41, 5.74) is 2.72. The van der Waals surface area contributed by atoms with Gasteiger partial charge in [-0.3, -0.25) is 0 Å². The zero-order chi connectivity index (χ0) is 13.3. The summed E-state index contributed by atoms with van der Waals surface area (Å²) < 4.78 is 0. The molecule has 2 aromatic rings. The van der Waals surface area contributed by atoms with Crippen molar-refractivity contribution >= 4 is 34.8 Å². The van der Waals surface area contributed by atoms with Crippen molar-refractivity contribution in [2.24, 2.45) is 0 Å². The van der Waals surface area contributed by atoms with Crippen molar-refractivity contribution < 1.29 is 0 Å². The van der Waals surface area contributed by atoms with Gasteiger partial charge in [-0.1, -0.05) is 40.9 Å². The third-order valence-corrected chi connectivity index (χ3v) is 3.69. The second-order valence-corrected chi connectivity index (χ2v) is 5.26. The molecule has 0 saturated carbocycles. The topological polar surface area (TPSA) is 25.8 Å². The zero-order valence-electron chi connectivity index (χ0n) is 9.97. The van der Waals surface area contributed by atoms with Crippen molar-refractivity contribution in [1.82, 2.24) is 9.97 Å². The van der Waals surface area contributed by atoms with Gasteiger partial charge in [0.2, 0.25) is 0 Å². The van der Waals surface area contributed by atoms with Crippen LogP contribution in [0.2, 0.25) is 15.2 Å². The minimum absolute atomic E-state index is 0.489. The molecule has 0 aliphatic carbocycles. The van der Waals surface area contributed by atoms with Gasteiger partial charge >= 0.3 is 0 Å². The molecule has 18 heavy (non-hydrogen) atoms. The van der Waals surface area contributed by atoms with Crippen molar-refractivity contribution in [1.29, 1.82) is 0 Å². The van der Waals surface area contributed by atoms with Gasteiger partial charge in [-0.05, 0) is 31.5 Å². The Balaban J connectivity index is 2.34. The molecule has 0 aliphatic rings. The third kappa shape index (κ3) is 2.94. The lowest BCUT2D eigenvalue weighted by Crippen LogP contribution is -2.02. The molecule has 0 bridgehead atoms. The summed E-state index contributed by atoms with van der Waals surface area (Å²) in [4.78, 5) is 8.66. The van der Waals surface area contributed by atoms with Gasteiger partial charge in [0.05, 0.1) is 0 Å². The molecule has 0 spiro atoms. The van der Waals surface area contributed by atoms with Crippen LogP contribution in [0.1, 0.15) is 22.6 Å². The van der Waals surface area contributed by atoms with Crippen molar-refractivity contribution in [3.05, 3.63) is 56.0 Å². The lowest BCUT2D eigenvalue weighted by Gasteiger charge is -2.07. The Morgan fingerprint density at radius 3 is 2.39 bits per heavy atom. The Morgan fingerprint density at radius 2 is 1.78 bits per heavy atom. The molecule has 0 N–H and O–H groups in total. The highest BCUT2D eigenvalue weighted by molar-refractivity contribution is 6.35. The van der Waals surface area contributed by atoms with Gasteiger partial charge in [0.15, 0.2) is 0 Å². The normalized spacial score (nSPS) is 10.7. The van der Waals surface area contributed by atoms with Crippen LogP contribution in [0, 0.1) is 13.8 Å². The van der Waals surface area contributed by atoms with E-state index in [9.17, 15) is 0 Å². The summed E-state index contributed by atoms with van der Waals surface area (Å²) in [5.74, 6) is 0.660. The molecule has 0 saturated heterocycles. The SMILES string of the molecule is Cc1nc(Cc2ccc(Cl)cc2Cl)nc(Cl)c1C. The highest BCUT2D eigenvalue weighted by Crippen LogP contribution is 2.23. The lowest BCUT2D eigenvalue weighted by molar-refractivity contribution is 0.927. The molecular formula is C13H11Cl3N2. The van der Waals surface area contributed by atoms with E-state index >= 15 is 0 Å². The average Bonchev–Trinajstić information content (AvgIpc) is 2.29. The second kappa shape index (κ2) is 5.43. The van der Waals surface area contributed by atoms with Crippen LogP contribution in [-0.2, 0) is 6.42 Å². The highest BCUT2D eigenvalue weighted by atomic mass is 35.5. The van der Waals surface area contributed by atoms with E-state index in [-0.39, 0.29) is 0 Å². The molecule has 94 valence electrons. The van der Waals surface area contributed by atoms with E-state index < -0.39 is 0 Å². The molecule has 0 aliphatic heterocycles. The fourth-order valence-corrected chi connectivity index (χ4v) is 2.27. The number of halogens is 3. The van der Waals surface area contributed by atoms with Gasteiger partial charge in [-0.2, -0.15) is 0 Å². The van der Waals surface area contributed by atoms with Gasteiger partial charge in [0.25, 0.3) is 0 Å². The van der Waals surface area contributed by atoms with Crippen LogP contribution >= 0.6 is 34.8 Å². The molecule has 5 heteroatoms. The molecule has 2 rings (SSSR count). The number of hydrogen-bond donors (Lipinski definition) is 0. The highest BCUT2D eigenvalue weighted by Gasteiger charge is 2.09. The first-order valence-electron chi connectivity index (χ1n) is 5.41. The van der Waals surface area contributed by atoms with Crippen LogP contribution in [-0.4, -0.2) is 9.97 Å². The zero-order valence-corrected chi connectivity index (χ0v) is 12.2. The van der Waals surface area contributed by atoms with Gasteiger partial charge in [-0.25, -0.2) is 9.97 Å². The molecule has 0 unspecified atom stereocenters. The fourth-order valence-electron chi connectivity index (χ4n) is 1.56. The molecule has 0 amide bonds. The van der Waals surface area contributed by atoms with Gasteiger partial charge < -0.3 is 0 Å². The Kier molecular flexibility index (Phi) is 4.10. The lowest BCUT2D eigenvalue weighted by atomic mass is 10.1. The van der Waals surface area contributed by atoms with E-state index in [1.165, 1.54) is 0 Å². The molecule has 0 fully saturated rings. The first-order chi connectivity index (χ1) is 8.47. The largest absolute Gasteiger partial charge is 0.238 e. The van der Waals surface area contributed by atoms with Crippen molar-refractivity contribution in [3.8, 4) is 0 Å². The van der Waals surface area contributed by atoms with Crippen LogP contribution in [0.15, 0.2) is 18.2 Å². The first kappa shape index (κ1) is 13.6. The minimum Gasteiger partial charge on any atom is -0.238 e. The van der Waals surface area contributed by atoms with Crippen LogP contribution in [0.25, 0.3) is 0 Å². The predicted molar refractivity (Wildman–Crippen MR) is 75.8 cm³/mol. The van der Waals surface area contributed by atoms with Gasteiger partial charge in [-0.15, -0.1) is 0 Å². The fraction of sp³-hybridized carbons (Fsp3) is 0.231. The molecular weight excluding hydrogens is 291 g/mol. The number of aromatic nitrogens is 2. The van der Waals surface area contributed by atoms with Gasteiger partial charge in [0, 0.05) is 27.7 Å². The van der Waals surface area contributed by atoms with E-state index in [0.717, 1.165) is 16.8 Å². The quantitative estimate of drug-likeness (QED) is 0.755. The van der Waals surface area contributed by atoms with Crippen LogP contribution in [0.3, 0.4) is 0 Å². The Bertz CT molecular complexity index is 574. The number of aryl methyl sites for hydroxylation is 1. The monoisotopic (exact) mass is 300 g/mol. The Labute approximate surface area is 121 Å². The average molecular weight is 302 g/mol. The number of nitrogens with zero attached hydrogens (tertiary/aromatic N) is 2. The van der Waals surface area contributed by atoms with E-state index in [4.69, 9.17) is 34.8 Å². The van der Waals surface area contributed by atoms with Crippen LogP contribution in [0.4, 0.5) is 0 Å². The molecule has 0 radical (unpaired) electrons. The van der Waals surface area contributed by atoms with E-state index in [0.29, 0.717) is 27.4 Å². The number of hydrogen-bond acceptors (Lipinski definition) is 2. The van der Waals surface area contributed by atoms with Gasteiger partial charge in [0.1, 0.15) is 11.0 Å². The van der Waals surface area contributed by atoms with E-state index in [2.05, 4.69) is 9.97 Å². The molecule has 2 nitrogen and oxygen atoms in total. The number of rotatable bonds is 2. The van der Waals surface area contributed by atoms with E-state index in [1.54, 1.807) is 12.1 Å². The van der Waals surface area contributed by atoms with E-state index in [1.807, 2.05) is 19.9 Å². The summed E-state index contributed by atoms with van der Waals surface area (Å²) >= 11 is 18.0. The smallest absolute Gasteiger partial charge is 0.135 e. The molecule has 1 heterocycles. The van der Waals surface area contributed by atoms with Crippen molar-refractivity contribution in [2.45, 2.75) is 20.3 Å². The van der Waals surface area contributed by atoms with Crippen LogP contribution < -0.4 is 0 Å². The summed E-state index contributed by atoms with van der Waals surface area (Å²) in [6.07, 6.45) is 0.539. The summed E-state index contributed by atoms with van der Waals surface area (Å²) in [5, 5.41) is 1.71. The third-order valence-electron chi connectivity index (χ3n) is 2.74. The standard InChI is InChI=1S/C13H11Cl3N2/c1-7-8(2)17-12(18-13(7)16)5-9-3-4-10(14)6-11(9)15/h3-4,6H,5H2,1-2H3. The summed E-state index contributed by atoms with van der Waals surface area (Å²) in [6, 6.07) is 5.38.